The summed E-state index contributed by atoms with van der Waals surface area (Å²) in [6.45, 7) is 0. The van der Waals surface area contributed by atoms with Crippen LogP contribution in [0.2, 0.25) is 0 Å². The first-order chi connectivity index (χ1) is 5.88. The molecule has 2 rings (SSSR count). The lowest BCUT2D eigenvalue weighted by molar-refractivity contribution is 0.442. The first-order valence-corrected chi connectivity index (χ1v) is 4.64. The highest BCUT2D eigenvalue weighted by molar-refractivity contribution is 5.11. The summed E-state index contributed by atoms with van der Waals surface area (Å²) in [4.78, 5) is 11.2. The third kappa shape index (κ3) is 1.31. The molecule has 2 N–H and O–H groups in total. The van der Waals surface area contributed by atoms with Crippen molar-refractivity contribution in [1.82, 2.24) is 10.2 Å². The normalized spacial score (nSPS) is 19.7. The minimum Gasteiger partial charge on any atom is -0.305 e. The third-order valence-electron chi connectivity index (χ3n) is 2.72. The van der Waals surface area contributed by atoms with Crippen LogP contribution in [0.5, 0.6) is 0 Å². The molecule has 1 fully saturated rings. The molecule has 66 valence electrons. The topological polar surface area (TPSA) is 48.6 Å². The smallest absolute Gasteiger partial charge is 0.267 e. The Bertz CT molecular complexity index is 293. The summed E-state index contributed by atoms with van der Waals surface area (Å²) in [5.41, 5.74) is 1.02. The van der Waals surface area contributed by atoms with Gasteiger partial charge in [-0.25, -0.2) is 0 Å². The van der Waals surface area contributed by atoms with E-state index in [2.05, 4.69) is 10.2 Å². The van der Waals surface area contributed by atoms with E-state index in [1.807, 2.05) is 6.20 Å². The number of hydrogen-bond acceptors (Lipinski definition) is 1. The van der Waals surface area contributed by atoms with Crippen molar-refractivity contribution in [2.24, 2.45) is 0 Å². The van der Waals surface area contributed by atoms with Crippen LogP contribution in [0.25, 0.3) is 0 Å². The first kappa shape index (κ1) is 7.65. The first-order valence-electron chi connectivity index (χ1n) is 4.64. The molecule has 1 aromatic rings. The molecule has 3 heteroatoms. The second-order valence-electron chi connectivity index (χ2n) is 3.53. The maximum absolute atomic E-state index is 11.2. The molecule has 1 heterocycles. The summed E-state index contributed by atoms with van der Waals surface area (Å²) in [5.74, 6) is 0.508. The standard InChI is InChI=1S/C9H14N2O/c12-9-8(6-10-11-9)7-4-2-1-3-5-7/h6-7H,1-5H2,(H2,10,11,12). The predicted octanol–water partition coefficient (Wildman–Crippen LogP) is 1.75. The molecule has 0 aliphatic heterocycles. The van der Waals surface area contributed by atoms with Gasteiger partial charge in [-0.05, 0) is 18.8 Å². The number of rotatable bonds is 1. The average molecular weight is 166 g/mol. The quantitative estimate of drug-likeness (QED) is 0.656. The van der Waals surface area contributed by atoms with Crippen LogP contribution in [0.4, 0.5) is 0 Å². The minimum absolute atomic E-state index is 0.0712. The van der Waals surface area contributed by atoms with Crippen LogP contribution in [0.1, 0.15) is 43.6 Å². The van der Waals surface area contributed by atoms with Gasteiger partial charge in [0, 0.05) is 11.8 Å². The van der Waals surface area contributed by atoms with Crippen LogP contribution in [-0.2, 0) is 0 Å². The van der Waals surface area contributed by atoms with Crippen LogP contribution in [0.3, 0.4) is 0 Å². The van der Waals surface area contributed by atoms with Gasteiger partial charge in [0.1, 0.15) is 0 Å². The Balaban J connectivity index is 2.18. The molecule has 1 aliphatic carbocycles. The molecule has 1 aliphatic rings. The fourth-order valence-electron chi connectivity index (χ4n) is 2.03. The zero-order valence-electron chi connectivity index (χ0n) is 7.10. The highest BCUT2D eigenvalue weighted by Gasteiger charge is 2.18. The lowest BCUT2D eigenvalue weighted by Gasteiger charge is -2.19. The fourth-order valence-corrected chi connectivity index (χ4v) is 2.03. The van der Waals surface area contributed by atoms with E-state index in [1.165, 1.54) is 32.1 Å². The number of aromatic amines is 2. The molecule has 12 heavy (non-hydrogen) atoms. The van der Waals surface area contributed by atoms with E-state index in [9.17, 15) is 4.79 Å². The second kappa shape index (κ2) is 3.17. The highest BCUT2D eigenvalue weighted by Crippen LogP contribution is 2.30. The monoisotopic (exact) mass is 166 g/mol. The van der Waals surface area contributed by atoms with Crippen LogP contribution >= 0.6 is 0 Å². The minimum atomic E-state index is 0.0712. The Kier molecular flexibility index (Phi) is 2.02. The Morgan fingerprint density at radius 2 is 2.00 bits per heavy atom. The van der Waals surface area contributed by atoms with Crippen molar-refractivity contribution >= 4 is 0 Å². The molecule has 0 aromatic carbocycles. The van der Waals surface area contributed by atoms with Gasteiger partial charge in [0.05, 0.1) is 0 Å². The molecule has 0 radical (unpaired) electrons. The Hall–Kier alpha value is -0.990. The molecule has 0 saturated heterocycles. The van der Waals surface area contributed by atoms with Gasteiger partial charge in [-0.2, -0.15) is 0 Å². The van der Waals surface area contributed by atoms with Crippen LogP contribution < -0.4 is 5.56 Å². The molecule has 1 saturated carbocycles. The van der Waals surface area contributed by atoms with E-state index >= 15 is 0 Å². The van der Waals surface area contributed by atoms with E-state index < -0.39 is 0 Å². The molecule has 0 atom stereocenters. The lowest BCUT2D eigenvalue weighted by atomic mass is 9.85. The number of nitrogens with one attached hydrogen (secondary N) is 2. The van der Waals surface area contributed by atoms with Crippen molar-refractivity contribution < 1.29 is 0 Å². The number of H-pyrrole nitrogens is 2. The molecular weight excluding hydrogens is 152 g/mol. The summed E-state index contributed by atoms with van der Waals surface area (Å²) in [6.07, 6.45) is 8.06. The molecule has 0 amide bonds. The second-order valence-corrected chi connectivity index (χ2v) is 3.53. The molecule has 0 bridgehead atoms. The molecule has 0 unspecified atom stereocenters. The average Bonchev–Trinajstić information content (AvgIpc) is 2.53. The summed E-state index contributed by atoms with van der Waals surface area (Å²) in [5, 5.41) is 5.34. The van der Waals surface area contributed by atoms with Gasteiger partial charge in [-0.3, -0.25) is 9.89 Å². The largest absolute Gasteiger partial charge is 0.305 e. The third-order valence-corrected chi connectivity index (χ3v) is 2.72. The van der Waals surface area contributed by atoms with Gasteiger partial charge in [-0.1, -0.05) is 19.3 Å². The molecule has 1 aromatic heterocycles. The zero-order chi connectivity index (χ0) is 8.39. The van der Waals surface area contributed by atoms with E-state index in [4.69, 9.17) is 0 Å². The Morgan fingerprint density at radius 1 is 1.25 bits per heavy atom. The summed E-state index contributed by atoms with van der Waals surface area (Å²) >= 11 is 0. The predicted molar refractivity (Wildman–Crippen MR) is 47.2 cm³/mol. The van der Waals surface area contributed by atoms with Crippen LogP contribution in [-0.4, -0.2) is 10.2 Å². The fraction of sp³-hybridized carbons (Fsp3) is 0.667. The van der Waals surface area contributed by atoms with Crippen LogP contribution in [0, 0.1) is 0 Å². The van der Waals surface area contributed by atoms with Gasteiger partial charge in [-0.15, -0.1) is 0 Å². The van der Waals surface area contributed by atoms with Gasteiger partial charge in [0.25, 0.3) is 5.56 Å². The van der Waals surface area contributed by atoms with E-state index in [1.54, 1.807) is 0 Å². The van der Waals surface area contributed by atoms with Crippen molar-refractivity contribution in [1.29, 1.82) is 0 Å². The van der Waals surface area contributed by atoms with Crippen molar-refractivity contribution in [3.8, 4) is 0 Å². The maximum Gasteiger partial charge on any atom is 0.267 e. The summed E-state index contributed by atoms with van der Waals surface area (Å²) < 4.78 is 0. The van der Waals surface area contributed by atoms with Gasteiger partial charge >= 0.3 is 0 Å². The SMILES string of the molecule is O=c1[nH][nH]cc1C1CCCCC1. The Morgan fingerprint density at radius 3 is 2.58 bits per heavy atom. The lowest BCUT2D eigenvalue weighted by Crippen LogP contribution is -2.13. The van der Waals surface area contributed by atoms with E-state index in [0.29, 0.717) is 5.92 Å². The van der Waals surface area contributed by atoms with Crippen molar-refractivity contribution in [3.63, 3.8) is 0 Å². The molecular formula is C9H14N2O. The molecule has 0 spiro atoms. The summed E-state index contributed by atoms with van der Waals surface area (Å²) in [6, 6.07) is 0. The van der Waals surface area contributed by atoms with Gasteiger partial charge in [0.15, 0.2) is 0 Å². The van der Waals surface area contributed by atoms with Crippen molar-refractivity contribution in [2.75, 3.05) is 0 Å². The van der Waals surface area contributed by atoms with Crippen molar-refractivity contribution in [3.05, 3.63) is 22.1 Å². The van der Waals surface area contributed by atoms with Gasteiger partial charge < -0.3 is 5.10 Å². The number of hydrogen-bond donors (Lipinski definition) is 2. The van der Waals surface area contributed by atoms with Crippen molar-refractivity contribution in [2.45, 2.75) is 38.0 Å². The summed E-state index contributed by atoms with van der Waals surface area (Å²) in [7, 11) is 0. The zero-order valence-corrected chi connectivity index (χ0v) is 7.10. The van der Waals surface area contributed by atoms with E-state index in [0.717, 1.165) is 5.56 Å². The number of aromatic nitrogens is 2. The molecule has 3 nitrogen and oxygen atoms in total. The van der Waals surface area contributed by atoms with E-state index in [-0.39, 0.29) is 5.56 Å². The van der Waals surface area contributed by atoms with Gasteiger partial charge in [0.2, 0.25) is 0 Å². The van der Waals surface area contributed by atoms with Crippen LogP contribution in [0.15, 0.2) is 11.0 Å². The Labute approximate surface area is 71.2 Å². The maximum atomic E-state index is 11.2. The highest BCUT2D eigenvalue weighted by atomic mass is 16.1.